The standard InChI is InChI=1S/C8H16N4O4/c1-2-16-7(14)5(9)6(13)11-3-4-12-8(10)15/h5H,2-4,9H2,1H3,(H,11,13)(H3,10,12,15). The number of carbonyl (C=O) groups excluding carboxylic acids is 3. The lowest BCUT2D eigenvalue weighted by atomic mass is 10.3. The molecule has 0 radical (unpaired) electrons. The van der Waals surface area contributed by atoms with Crippen LogP contribution >= 0.6 is 0 Å². The van der Waals surface area contributed by atoms with Crippen LogP contribution in [0.15, 0.2) is 0 Å². The molecule has 0 aromatic rings. The second-order valence-corrected chi connectivity index (χ2v) is 2.81. The van der Waals surface area contributed by atoms with Crippen molar-refractivity contribution in [2.24, 2.45) is 11.5 Å². The van der Waals surface area contributed by atoms with Crippen LogP contribution in [0.2, 0.25) is 0 Å². The quantitative estimate of drug-likeness (QED) is 0.231. The molecule has 1 unspecified atom stereocenters. The lowest BCUT2D eigenvalue weighted by Crippen LogP contribution is -2.48. The summed E-state index contributed by atoms with van der Waals surface area (Å²) >= 11 is 0. The van der Waals surface area contributed by atoms with Crippen molar-refractivity contribution in [1.29, 1.82) is 0 Å². The zero-order valence-corrected chi connectivity index (χ0v) is 8.99. The topological polar surface area (TPSA) is 137 Å². The summed E-state index contributed by atoms with van der Waals surface area (Å²) in [7, 11) is 0. The Morgan fingerprint density at radius 2 is 1.81 bits per heavy atom. The van der Waals surface area contributed by atoms with Gasteiger partial charge in [0.15, 0.2) is 6.04 Å². The second-order valence-electron chi connectivity index (χ2n) is 2.81. The molecule has 8 heteroatoms. The molecule has 0 aromatic carbocycles. The lowest BCUT2D eigenvalue weighted by Gasteiger charge is -2.10. The summed E-state index contributed by atoms with van der Waals surface area (Å²) in [5.41, 5.74) is 10.1. The van der Waals surface area contributed by atoms with Gasteiger partial charge < -0.3 is 26.8 Å². The highest BCUT2D eigenvalue weighted by molar-refractivity contribution is 6.01. The number of rotatable bonds is 6. The average Bonchev–Trinajstić information content (AvgIpc) is 2.23. The molecule has 0 bridgehead atoms. The molecule has 92 valence electrons. The van der Waals surface area contributed by atoms with Gasteiger partial charge in [-0.2, -0.15) is 0 Å². The first-order valence-corrected chi connectivity index (χ1v) is 4.72. The minimum absolute atomic E-state index is 0.134. The number of hydrogen-bond donors (Lipinski definition) is 4. The normalized spacial score (nSPS) is 11.4. The van der Waals surface area contributed by atoms with Crippen molar-refractivity contribution >= 4 is 17.9 Å². The Labute approximate surface area is 92.7 Å². The van der Waals surface area contributed by atoms with Gasteiger partial charge in [0, 0.05) is 13.1 Å². The molecule has 3 amide bonds. The van der Waals surface area contributed by atoms with Crippen LogP contribution in [0.25, 0.3) is 0 Å². The van der Waals surface area contributed by atoms with Gasteiger partial charge in [0.2, 0.25) is 5.91 Å². The molecular weight excluding hydrogens is 216 g/mol. The van der Waals surface area contributed by atoms with Crippen molar-refractivity contribution in [3.63, 3.8) is 0 Å². The van der Waals surface area contributed by atoms with E-state index in [-0.39, 0.29) is 19.7 Å². The van der Waals surface area contributed by atoms with E-state index in [4.69, 9.17) is 11.5 Å². The van der Waals surface area contributed by atoms with Crippen LogP contribution < -0.4 is 22.1 Å². The first-order chi connectivity index (χ1) is 7.49. The summed E-state index contributed by atoms with van der Waals surface area (Å²) in [4.78, 5) is 32.5. The Balaban J connectivity index is 3.79. The van der Waals surface area contributed by atoms with Crippen molar-refractivity contribution in [2.75, 3.05) is 19.7 Å². The lowest BCUT2D eigenvalue weighted by molar-refractivity contribution is -0.147. The van der Waals surface area contributed by atoms with Crippen LogP contribution in [0, 0.1) is 0 Å². The summed E-state index contributed by atoms with van der Waals surface area (Å²) in [6.07, 6.45) is 0. The van der Waals surface area contributed by atoms with E-state index in [1.807, 2.05) is 0 Å². The van der Waals surface area contributed by atoms with E-state index >= 15 is 0 Å². The van der Waals surface area contributed by atoms with Crippen LogP contribution in [-0.4, -0.2) is 43.6 Å². The number of ether oxygens (including phenoxy) is 1. The number of esters is 1. The Morgan fingerprint density at radius 3 is 2.31 bits per heavy atom. The fourth-order valence-corrected chi connectivity index (χ4v) is 0.820. The predicted octanol–water partition coefficient (Wildman–Crippen LogP) is -2.34. The van der Waals surface area contributed by atoms with Crippen LogP contribution in [0.1, 0.15) is 6.92 Å². The van der Waals surface area contributed by atoms with Gasteiger partial charge in [-0.1, -0.05) is 0 Å². The van der Waals surface area contributed by atoms with Gasteiger partial charge in [0.1, 0.15) is 0 Å². The number of urea groups is 1. The van der Waals surface area contributed by atoms with Crippen LogP contribution in [0.3, 0.4) is 0 Å². The van der Waals surface area contributed by atoms with E-state index in [2.05, 4.69) is 15.4 Å². The van der Waals surface area contributed by atoms with Gasteiger partial charge in [-0.05, 0) is 6.92 Å². The molecule has 16 heavy (non-hydrogen) atoms. The maximum absolute atomic E-state index is 11.2. The zero-order chi connectivity index (χ0) is 12.6. The molecule has 0 rings (SSSR count). The predicted molar refractivity (Wildman–Crippen MR) is 55.2 cm³/mol. The largest absolute Gasteiger partial charge is 0.464 e. The van der Waals surface area contributed by atoms with Gasteiger partial charge in [0.25, 0.3) is 0 Å². The van der Waals surface area contributed by atoms with Crippen molar-refractivity contribution in [1.82, 2.24) is 10.6 Å². The summed E-state index contributed by atoms with van der Waals surface area (Å²) in [6.45, 7) is 2.06. The summed E-state index contributed by atoms with van der Waals surface area (Å²) in [5.74, 6) is -1.45. The fraction of sp³-hybridized carbons (Fsp3) is 0.625. The van der Waals surface area contributed by atoms with Gasteiger partial charge in [-0.25, -0.2) is 9.59 Å². The SMILES string of the molecule is CCOC(=O)C(N)C(=O)NCCNC(N)=O. The molecule has 0 fully saturated rings. The van der Waals surface area contributed by atoms with E-state index < -0.39 is 23.9 Å². The molecule has 8 nitrogen and oxygen atoms in total. The monoisotopic (exact) mass is 232 g/mol. The van der Waals surface area contributed by atoms with Crippen molar-refractivity contribution in [2.45, 2.75) is 13.0 Å². The first-order valence-electron chi connectivity index (χ1n) is 4.72. The highest BCUT2D eigenvalue weighted by atomic mass is 16.5. The van der Waals surface area contributed by atoms with Gasteiger partial charge in [-0.15, -0.1) is 0 Å². The second kappa shape index (κ2) is 7.46. The van der Waals surface area contributed by atoms with Crippen LogP contribution in [-0.2, 0) is 14.3 Å². The van der Waals surface area contributed by atoms with E-state index in [0.29, 0.717) is 0 Å². The smallest absolute Gasteiger partial charge is 0.332 e. The van der Waals surface area contributed by atoms with Crippen LogP contribution in [0.4, 0.5) is 4.79 Å². The maximum Gasteiger partial charge on any atom is 0.332 e. The maximum atomic E-state index is 11.2. The molecule has 0 aromatic heterocycles. The number of nitrogens with two attached hydrogens (primary N) is 2. The average molecular weight is 232 g/mol. The Kier molecular flexibility index (Phi) is 6.61. The number of primary amides is 1. The molecule has 0 aliphatic carbocycles. The van der Waals surface area contributed by atoms with Gasteiger partial charge in [-0.3, -0.25) is 4.79 Å². The number of amides is 3. The molecule has 0 saturated carbocycles. The van der Waals surface area contributed by atoms with E-state index in [1.54, 1.807) is 6.92 Å². The van der Waals surface area contributed by atoms with Crippen molar-refractivity contribution in [3.05, 3.63) is 0 Å². The molecule has 0 spiro atoms. The third-order valence-electron chi connectivity index (χ3n) is 1.55. The minimum Gasteiger partial charge on any atom is -0.464 e. The molecule has 0 aliphatic heterocycles. The van der Waals surface area contributed by atoms with Crippen LogP contribution in [0.5, 0.6) is 0 Å². The molecular formula is C8H16N4O4. The van der Waals surface area contributed by atoms with E-state index in [9.17, 15) is 14.4 Å². The fourth-order valence-electron chi connectivity index (χ4n) is 0.820. The highest BCUT2D eigenvalue weighted by Crippen LogP contribution is 1.85. The molecule has 6 N–H and O–H groups in total. The molecule has 0 saturated heterocycles. The third-order valence-corrected chi connectivity index (χ3v) is 1.55. The molecule has 0 aliphatic rings. The van der Waals surface area contributed by atoms with Gasteiger partial charge in [0.05, 0.1) is 6.61 Å². The Hall–Kier alpha value is -1.83. The van der Waals surface area contributed by atoms with Crippen molar-refractivity contribution < 1.29 is 19.1 Å². The molecule has 0 heterocycles. The Bertz CT molecular complexity index is 269. The van der Waals surface area contributed by atoms with E-state index in [1.165, 1.54) is 0 Å². The Morgan fingerprint density at radius 1 is 1.25 bits per heavy atom. The van der Waals surface area contributed by atoms with Gasteiger partial charge >= 0.3 is 12.0 Å². The highest BCUT2D eigenvalue weighted by Gasteiger charge is 2.22. The first kappa shape index (κ1) is 14.2. The van der Waals surface area contributed by atoms with E-state index in [0.717, 1.165) is 0 Å². The minimum atomic E-state index is -1.35. The number of carbonyl (C=O) groups is 3. The number of hydrogen-bond acceptors (Lipinski definition) is 5. The summed E-state index contributed by atoms with van der Waals surface area (Å²) < 4.78 is 4.55. The summed E-state index contributed by atoms with van der Waals surface area (Å²) in [6, 6.07) is -2.04. The van der Waals surface area contributed by atoms with Crippen molar-refractivity contribution in [3.8, 4) is 0 Å². The zero-order valence-electron chi connectivity index (χ0n) is 8.99. The summed E-state index contributed by atoms with van der Waals surface area (Å²) in [5, 5.41) is 4.60. The molecule has 1 atom stereocenters. The third kappa shape index (κ3) is 5.81. The number of nitrogens with one attached hydrogen (secondary N) is 2.